The molecule has 2 N–H and O–H groups in total. The molecular weight excluding hydrogens is 208 g/mol. The second-order valence-electron chi connectivity index (χ2n) is 3.04. The minimum Gasteiger partial charge on any atom is -0.338 e. The molecule has 4 heteroatoms. The van der Waals surface area contributed by atoms with Crippen LogP contribution in [0.5, 0.6) is 0 Å². The van der Waals surface area contributed by atoms with E-state index in [9.17, 15) is 4.79 Å². The van der Waals surface area contributed by atoms with Crippen LogP contribution in [0.3, 0.4) is 0 Å². The molecule has 0 saturated heterocycles. The van der Waals surface area contributed by atoms with Crippen molar-refractivity contribution >= 4 is 32.5 Å². The van der Waals surface area contributed by atoms with Crippen LogP contribution < -0.4 is 10.6 Å². The first-order valence-corrected chi connectivity index (χ1v) is 5.57. The van der Waals surface area contributed by atoms with Crippen molar-refractivity contribution in [3.63, 3.8) is 0 Å². The van der Waals surface area contributed by atoms with Crippen LogP contribution in [0.15, 0.2) is 24.3 Å². The Morgan fingerprint density at radius 2 is 2.27 bits per heavy atom. The summed E-state index contributed by atoms with van der Waals surface area (Å²) in [5.41, 5.74) is 0. The standard InChI is InChI=1S/C11H11N2OS/c1-2-12-11(14)13-10-7-8-5-3-4-6-9(8)15-10/h3-6H,2H2,1H3,(H2,12,13,14). The van der Waals surface area contributed by atoms with Gasteiger partial charge in [0, 0.05) is 22.7 Å². The maximum Gasteiger partial charge on any atom is 0.319 e. The number of rotatable bonds is 2. The molecule has 0 unspecified atom stereocenters. The predicted octanol–water partition coefficient (Wildman–Crippen LogP) is 2.84. The maximum absolute atomic E-state index is 11.3. The first-order chi connectivity index (χ1) is 7.29. The number of anilines is 1. The van der Waals surface area contributed by atoms with E-state index in [1.54, 1.807) is 0 Å². The Morgan fingerprint density at radius 3 is 3.00 bits per heavy atom. The molecule has 0 bridgehead atoms. The van der Waals surface area contributed by atoms with Crippen molar-refractivity contribution in [2.45, 2.75) is 6.92 Å². The summed E-state index contributed by atoms with van der Waals surface area (Å²) in [5.74, 6) is 0. The lowest BCUT2D eigenvalue weighted by molar-refractivity contribution is 0.252. The van der Waals surface area contributed by atoms with Gasteiger partial charge in [0.2, 0.25) is 0 Å². The van der Waals surface area contributed by atoms with Crippen LogP contribution in [0.25, 0.3) is 10.1 Å². The van der Waals surface area contributed by atoms with Gasteiger partial charge >= 0.3 is 6.03 Å². The number of hydrogen-bond acceptors (Lipinski definition) is 2. The molecule has 0 aliphatic rings. The molecule has 2 rings (SSSR count). The summed E-state index contributed by atoms with van der Waals surface area (Å²) in [6.45, 7) is 2.50. The fraction of sp³-hybridized carbons (Fsp3) is 0.182. The summed E-state index contributed by atoms with van der Waals surface area (Å²) in [7, 11) is 0. The topological polar surface area (TPSA) is 41.1 Å². The Hall–Kier alpha value is -1.55. The van der Waals surface area contributed by atoms with Crippen molar-refractivity contribution in [3.8, 4) is 0 Å². The van der Waals surface area contributed by atoms with E-state index in [-0.39, 0.29) is 6.03 Å². The summed E-state index contributed by atoms with van der Waals surface area (Å²) in [4.78, 5) is 11.3. The summed E-state index contributed by atoms with van der Waals surface area (Å²) >= 11 is 1.52. The van der Waals surface area contributed by atoms with E-state index in [0.717, 1.165) is 15.1 Å². The van der Waals surface area contributed by atoms with E-state index in [4.69, 9.17) is 0 Å². The van der Waals surface area contributed by atoms with Gasteiger partial charge in [-0.05, 0) is 13.0 Å². The molecule has 1 radical (unpaired) electrons. The number of benzene rings is 1. The molecule has 0 aliphatic heterocycles. The zero-order chi connectivity index (χ0) is 10.7. The van der Waals surface area contributed by atoms with Crippen molar-refractivity contribution in [2.24, 2.45) is 0 Å². The van der Waals surface area contributed by atoms with Gasteiger partial charge in [-0.15, -0.1) is 11.3 Å². The second kappa shape index (κ2) is 4.31. The quantitative estimate of drug-likeness (QED) is 0.801. The van der Waals surface area contributed by atoms with E-state index in [0.29, 0.717) is 6.54 Å². The highest BCUT2D eigenvalue weighted by atomic mass is 32.1. The molecule has 15 heavy (non-hydrogen) atoms. The number of carbonyl (C=O) groups excluding carboxylic acids is 1. The van der Waals surface area contributed by atoms with Crippen molar-refractivity contribution in [3.05, 3.63) is 30.3 Å². The number of carbonyl (C=O) groups is 1. The number of hydrogen-bond donors (Lipinski definition) is 2. The van der Waals surface area contributed by atoms with Gasteiger partial charge in [0.15, 0.2) is 0 Å². The fourth-order valence-electron chi connectivity index (χ4n) is 1.28. The first kappa shape index (κ1) is 9.98. The van der Waals surface area contributed by atoms with Gasteiger partial charge in [0.05, 0.1) is 0 Å². The van der Waals surface area contributed by atoms with E-state index in [1.165, 1.54) is 11.3 Å². The lowest BCUT2D eigenvalue weighted by Crippen LogP contribution is -2.27. The first-order valence-electron chi connectivity index (χ1n) is 4.75. The van der Waals surface area contributed by atoms with Crippen LogP contribution in [0.4, 0.5) is 9.80 Å². The molecular formula is C11H11N2OS. The van der Waals surface area contributed by atoms with Crippen LogP contribution in [-0.4, -0.2) is 12.6 Å². The molecule has 1 aromatic heterocycles. The van der Waals surface area contributed by atoms with Crippen LogP contribution in [-0.2, 0) is 0 Å². The van der Waals surface area contributed by atoms with Gasteiger partial charge < -0.3 is 5.32 Å². The zero-order valence-corrected chi connectivity index (χ0v) is 9.15. The number of nitrogens with one attached hydrogen (secondary N) is 2. The summed E-state index contributed by atoms with van der Waals surface area (Å²) in [6.07, 6.45) is 0. The second-order valence-corrected chi connectivity index (χ2v) is 4.09. The molecule has 1 heterocycles. The molecule has 0 fully saturated rings. The third-order valence-electron chi connectivity index (χ3n) is 1.91. The molecule has 0 atom stereocenters. The Balaban J connectivity index is 2.18. The van der Waals surface area contributed by atoms with E-state index >= 15 is 0 Å². The van der Waals surface area contributed by atoms with E-state index in [2.05, 4.69) is 16.7 Å². The van der Waals surface area contributed by atoms with E-state index in [1.807, 2.05) is 31.2 Å². The largest absolute Gasteiger partial charge is 0.338 e. The monoisotopic (exact) mass is 219 g/mol. The molecule has 2 aromatic rings. The van der Waals surface area contributed by atoms with Crippen molar-refractivity contribution in [2.75, 3.05) is 11.9 Å². The van der Waals surface area contributed by atoms with E-state index < -0.39 is 0 Å². The highest BCUT2D eigenvalue weighted by molar-refractivity contribution is 7.22. The van der Waals surface area contributed by atoms with Gasteiger partial charge in [-0.2, -0.15) is 0 Å². The van der Waals surface area contributed by atoms with Crippen LogP contribution in [0.1, 0.15) is 6.92 Å². The minimum atomic E-state index is -0.180. The van der Waals surface area contributed by atoms with Gasteiger partial charge in [-0.3, -0.25) is 5.32 Å². The third-order valence-corrected chi connectivity index (χ3v) is 2.90. The van der Waals surface area contributed by atoms with Gasteiger partial charge in [0.1, 0.15) is 5.00 Å². The summed E-state index contributed by atoms with van der Waals surface area (Å²) in [6, 6.07) is 10.9. The Labute approximate surface area is 92.1 Å². The Kier molecular flexibility index (Phi) is 2.87. The SMILES string of the molecule is CCNC(=O)Nc1[c]c2ccccc2s1. The van der Waals surface area contributed by atoms with Gasteiger partial charge in [-0.25, -0.2) is 4.79 Å². The number of fused-ring (bicyclic) bond motifs is 1. The molecule has 1 aromatic carbocycles. The lowest BCUT2D eigenvalue weighted by Gasteiger charge is -2.01. The summed E-state index contributed by atoms with van der Waals surface area (Å²) in [5, 5.41) is 7.21. The van der Waals surface area contributed by atoms with Crippen molar-refractivity contribution in [1.82, 2.24) is 5.32 Å². The zero-order valence-electron chi connectivity index (χ0n) is 8.33. The van der Waals surface area contributed by atoms with Crippen molar-refractivity contribution in [1.29, 1.82) is 0 Å². The molecule has 3 nitrogen and oxygen atoms in total. The van der Waals surface area contributed by atoms with Crippen LogP contribution >= 0.6 is 11.3 Å². The number of thiophene rings is 1. The predicted molar refractivity (Wildman–Crippen MR) is 63.4 cm³/mol. The third kappa shape index (κ3) is 2.27. The fourth-order valence-corrected chi connectivity index (χ4v) is 2.18. The van der Waals surface area contributed by atoms with Crippen molar-refractivity contribution < 1.29 is 4.79 Å². The Morgan fingerprint density at radius 1 is 1.47 bits per heavy atom. The maximum atomic E-state index is 11.3. The molecule has 0 spiro atoms. The summed E-state index contributed by atoms with van der Waals surface area (Å²) < 4.78 is 1.13. The molecule has 77 valence electrons. The number of amides is 2. The molecule has 0 aliphatic carbocycles. The average molecular weight is 219 g/mol. The minimum absolute atomic E-state index is 0.180. The smallest absolute Gasteiger partial charge is 0.319 e. The Bertz CT molecular complexity index is 445. The normalized spacial score (nSPS) is 10.2. The van der Waals surface area contributed by atoms with Crippen LogP contribution in [0.2, 0.25) is 0 Å². The van der Waals surface area contributed by atoms with Gasteiger partial charge in [0.25, 0.3) is 0 Å². The highest BCUT2D eigenvalue weighted by Crippen LogP contribution is 2.28. The highest BCUT2D eigenvalue weighted by Gasteiger charge is 2.04. The van der Waals surface area contributed by atoms with Gasteiger partial charge in [-0.1, -0.05) is 18.2 Å². The number of urea groups is 1. The molecule has 0 saturated carbocycles. The van der Waals surface area contributed by atoms with Crippen LogP contribution in [0, 0.1) is 6.07 Å². The lowest BCUT2D eigenvalue weighted by atomic mass is 10.3. The molecule has 2 amide bonds. The average Bonchev–Trinajstić information content (AvgIpc) is 2.59.